The number of benzene rings is 1. The molecule has 9 nitrogen and oxygen atoms in total. The number of ether oxygens (including phenoxy) is 2. The Morgan fingerprint density at radius 3 is 2.56 bits per heavy atom. The second-order valence-electron chi connectivity index (χ2n) is 10.3. The van der Waals surface area contributed by atoms with Crippen molar-refractivity contribution in [2.45, 2.75) is 51.1 Å². The fourth-order valence-corrected chi connectivity index (χ4v) is 6.16. The minimum atomic E-state index is -0.459. The topological polar surface area (TPSA) is 88.8 Å². The largest absolute Gasteiger partial charge is 0.489 e. The van der Waals surface area contributed by atoms with E-state index < -0.39 is 7.05 Å². The van der Waals surface area contributed by atoms with Gasteiger partial charge in [0.2, 0.25) is 0 Å². The summed E-state index contributed by atoms with van der Waals surface area (Å²) >= 11 is 0. The average Bonchev–Trinajstić information content (AvgIpc) is 3.18. The third-order valence-electron chi connectivity index (χ3n) is 7.78. The second kappa shape index (κ2) is 9.50. The highest BCUT2D eigenvalue weighted by Crippen LogP contribution is 2.38. The van der Waals surface area contributed by atoms with Gasteiger partial charge < -0.3 is 24.2 Å². The number of hydrogen-bond acceptors (Lipinski definition) is 8. The van der Waals surface area contributed by atoms with Crippen molar-refractivity contribution < 1.29 is 14.5 Å². The van der Waals surface area contributed by atoms with Crippen LogP contribution in [-0.4, -0.2) is 81.4 Å². The molecule has 3 aliphatic heterocycles. The highest BCUT2D eigenvalue weighted by atomic mass is 16.5. The van der Waals surface area contributed by atoms with Gasteiger partial charge in [-0.05, 0) is 44.1 Å². The lowest BCUT2D eigenvalue weighted by Crippen LogP contribution is -2.64. The van der Waals surface area contributed by atoms with Crippen LogP contribution in [0.4, 0.5) is 5.82 Å². The number of hydrogen-bond donors (Lipinski definition) is 1. The summed E-state index contributed by atoms with van der Waals surface area (Å²) in [5, 5.41) is 24.0. The van der Waals surface area contributed by atoms with Crippen molar-refractivity contribution in [3.63, 3.8) is 0 Å². The summed E-state index contributed by atoms with van der Waals surface area (Å²) in [6.45, 7) is 6.84. The predicted molar refractivity (Wildman–Crippen MR) is 139 cm³/mol. The summed E-state index contributed by atoms with van der Waals surface area (Å²) in [7, 11) is 1.47. The molecule has 0 spiro atoms. The predicted octanol–water partition coefficient (Wildman–Crippen LogP) is 2.78. The molecule has 2 atom stereocenters. The van der Waals surface area contributed by atoms with Crippen molar-refractivity contribution >= 4 is 12.9 Å². The number of morpholine rings is 1. The summed E-state index contributed by atoms with van der Waals surface area (Å²) in [4.78, 5) is 4.62. The molecule has 0 amide bonds. The van der Waals surface area contributed by atoms with Crippen LogP contribution in [0.15, 0.2) is 36.7 Å². The van der Waals surface area contributed by atoms with Crippen LogP contribution in [0.5, 0.6) is 5.75 Å². The van der Waals surface area contributed by atoms with Crippen LogP contribution in [0, 0.1) is 6.92 Å². The maximum atomic E-state index is 10.3. The van der Waals surface area contributed by atoms with E-state index in [0.29, 0.717) is 25.9 Å². The van der Waals surface area contributed by atoms with Crippen LogP contribution in [0.2, 0.25) is 6.82 Å². The molecule has 0 radical (unpaired) electrons. The molecule has 5 heterocycles. The lowest BCUT2D eigenvalue weighted by atomic mass is 9.75. The van der Waals surface area contributed by atoms with E-state index in [1.54, 1.807) is 0 Å². The van der Waals surface area contributed by atoms with Crippen LogP contribution >= 0.6 is 0 Å². The molecule has 2 aromatic heterocycles. The third-order valence-corrected chi connectivity index (χ3v) is 7.78. The molecule has 2 unspecified atom stereocenters. The minimum Gasteiger partial charge on any atom is -0.489 e. The highest BCUT2D eigenvalue weighted by molar-refractivity contribution is 6.45. The monoisotopic (exact) mass is 488 g/mol. The average molecular weight is 488 g/mol. The van der Waals surface area contributed by atoms with Gasteiger partial charge in [-0.15, -0.1) is 10.2 Å². The molecular weight excluding hydrogens is 455 g/mol. The molecule has 2 saturated heterocycles. The van der Waals surface area contributed by atoms with Crippen molar-refractivity contribution in [1.82, 2.24) is 24.8 Å². The fourth-order valence-electron chi connectivity index (χ4n) is 6.16. The first-order chi connectivity index (χ1) is 17.5. The van der Waals surface area contributed by atoms with E-state index in [1.807, 2.05) is 37.0 Å². The molecular formula is C26H33BN6O3. The Kier molecular flexibility index (Phi) is 6.19. The molecule has 1 N–H and O–H groups in total. The molecule has 1 aromatic carbocycles. The van der Waals surface area contributed by atoms with Crippen molar-refractivity contribution in [1.29, 1.82) is 0 Å². The SMILES string of the molecule is CB(O)N1C2COCC1CC(N1CCCOc3cc(-c4ccc(-c5cnn(C)c5)cc4C)nnc31)C2. The number of rotatable bonds is 4. The van der Waals surface area contributed by atoms with Gasteiger partial charge in [0.15, 0.2) is 11.6 Å². The van der Waals surface area contributed by atoms with Crippen molar-refractivity contribution in [2.24, 2.45) is 7.05 Å². The Hall–Kier alpha value is -2.95. The number of nitrogens with zero attached hydrogens (tertiary/aromatic N) is 6. The molecule has 2 bridgehead atoms. The molecule has 188 valence electrons. The molecule has 0 aliphatic carbocycles. The number of aromatic nitrogens is 4. The maximum Gasteiger partial charge on any atom is 0.377 e. The lowest BCUT2D eigenvalue weighted by Gasteiger charge is -2.51. The number of anilines is 1. The van der Waals surface area contributed by atoms with Gasteiger partial charge in [-0.3, -0.25) is 4.68 Å². The lowest BCUT2D eigenvalue weighted by molar-refractivity contribution is -0.0444. The van der Waals surface area contributed by atoms with Gasteiger partial charge in [-0.1, -0.05) is 18.2 Å². The zero-order chi connectivity index (χ0) is 24.8. The standard InChI is InChI=1S/C26H33BN6O3/c1-17-9-18(19-13-28-31(3)14-19)5-6-23(17)24-12-25-26(30-29-24)32(7-4-8-36-25)20-10-21-15-35-16-22(11-20)33(21)27(2)34/h5-6,9,12-14,20-22,34H,4,7-8,10-11,15-16H2,1-3H3. The Morgan fingerprint density at radius 1 is 1.06 bits per heavy atom. The summed E-state index contributed by atoms with van der Waals surface area (Å²) in [6.07, 6.45) is 6.70. The Morgan fingerprint density at radius 2 is 1.86 bits per heavy atom. The molecule has 2 fully saturated rings. The molecule has 6 rings (SSSR count). The third kappa shape index (κ3) is 4.27. The zero-order valence-electron chi connectivity index (χ0n) is 21.2. The molecule has 3 aliphatic rings. The molecule has 10 heteroatoms. The second-order valence-corrected chi connectivity index (χ2v) is 10.3. The Balaban J connectivity index is 1.28. The van der Waals surface area contributed by atoms with Gasteiger partial charge >= 0.3 is 7.05 Å². The van der Waals surface area contributed by atoms with Gasteiger partial charge in [-0.2, -0.15) is 5.10 Å². The van der Waals surface area contributed by atoms with E-state index in [-0.39, 0.29) is 12.1 Å². The number of fused-ring (bicyclic) bond motifs is 3. The summed E-state index contributed by atoms with van der Waals surface area (Å²) < 4.78 is 13.8. The Bertz CT molecular complexity index is 1240. The maximum absolute atomic E-state index is 10.3. The highest BCUT2D eigenvalue weighted by Gasteiger charge is 2.44. The van der Waals surface area contributed by atoms with Crippen molar-refractivity contribution in [3.8, 4) is 28.1 Å². The fraction of sp³-hybridized carbons (Fsp3) is 0.500. The van der Waals surface area contributed by atoms with Gasteiger partial charge in [0.1, 0.15) is 0 Å². The first-order valence-electron chi connectivity index (χ1n) is 12.9. The zero-order valence-corrected chi connectivity index (χ0v) is 21.2. The van der Waals surface area contributed by atoms with Gasteiger partial charge in [-0.25, -0.2) is 0 Å². The summed E-state index contributed by atoms with van der Waals surface area (Å²) in [5.41, 5.74) is 5.23. The Labute approximate surface area is 212 Å². The minimum absolute atomic E-state index is 0.211. The first-order valence-corrected chi connectivity index (χ1v) is 12.9. The van der Waals surface area contributed by atoms with E-state index in [2.05, 4.69) is 45.0 Å². The van der Waals surface area contributed by atoms with Crippen molar-refractivity contribution in [3.05, 3.63) is 42.2 Å². The van der Waals surface area contributed by atoms with Crippen LogP contribution in [0.3, 0.4) is 0 Å². The molecule has 3 aromatic rings. The van der Waals surface area contributed by atoms with E-state index in [9.17, 15) is 5.02 Å². The van der Waals surface area contributed by atoms with Crippen molar-refractivity contribution in [2.75, 3.05) is 31.3 Å². The van der Waals surface area contributed by atoms with E-state index in [1.165, 1.54) is 0 Å². The number of aryl methyl sites for hydroxylation is 2. The van der Waals surface area contributed by atoms with Crippen LogP contribution in [0.25, 0.3) is 22.4 Å². The van der Waals surface area contributed by atoms with E-state index in [4.69, 9.17) is 14.6 Å². The van der Waals surface area contributed by atoms with E-state index >= 15 is 0 Å². The van der Waals surface area contributed by atoms with Crippen LogP contribution in [-0.2, 0) is 11.8 Å². The van der Waals surface area contributed by atoms with Gasteiger partial charge in [0.25, 0.3) is 0 Å². The summed E-state index contributed by atoms with van der Waals surface area (Å²) in [5.74, 6) is 1.63. The smallest absolute Gasteiger partial charge is 0.377 e. The van der Waals surface area contributed by atoms with Gasteiger partial charge in [0.05, 0.1) is 31.7 Å². The molecule has 36 heavy (non-hydrogen) atoms. The summed E-state index contributed by atoms with van der Waals surface area (Å²) in [6, 6.07) is 9.17. The van der Waals surface area contributed by atoms with Crippen LogP contribution < -0.4 is 9.64 Å². The quantitative estimate of drug-likeness (QED) is 0.561. The first kappa shape index (κ1) is 23.5. The van der Waals surface area contributed by atoms with Crippen LogP contribution in [0.1, 0.15) is 24.8 Å². The van der Waals surface area contributed by atoms with Gasteiger partial charge in [0, 0.05) is 55.1 Å². The number of piperidine rings is 1. The normalized spacial score (nSPS) is 24.1. The van der Waals surface area contributed by atoms with E-state index in [0.717, 1.165) is 65.3 Å². The molecule has 0 saturated carbocycles.